The first-order valence-corrected chi connectivity index (χ1v) is 10.2. The lowest BCUT2D eigenvalue weighted by Gasteiger charge is -2.29. The summed E-state index contributed by atoms with van der Waals surface area (Å²) >= 11 is 0. The minimum absolute atomic E-state index is 0.459. The highest BCUT2D eigenvalue weighted by molar-refractivity contribution is 6.71. The van der Waals surface area contributed by atoms with Crippen LogP contribution in [-0.2, 0) is 14.0 Å². The van der Waals surface area contributed by atoms with Crippen LogP contribution in [0.3, 0.4) is 0 Å². The second kappa shape index (κ2) is 8.02. The lowest BCUT2D eigenvalue weighted by molar-refractivity contribution is -0.159. The molecule has 1 aromatic rings. The van der Waals surface area contributed by atoms with E-state index in [9.17, 15) is 4.79 Å². The molecule has 3 nitrogen and oxygen atoms in total. The highest BCUT2D eigenvalue weighted by Gasteiger charge is 2.28. The quantitative estimate of drug-likeness (QED) is 0.307. The molecule has 0 bridgehead atoms. The predicted molar refractivity (Wildman–Crippen MR) is 83.8 cm³/mol. The van der Waals surface area contributed by atoms with E-state index < -0.39 is 20.6 Å². The van der Waals surface area contributed by atoms with Crippen LogP contribution in [0.25, 0.3) is 0 Å². The summed E-state index contributed by atoms with van der Waals surface area (Å²) < 4.78 is 11.5. The maximum absolute atomic E-state index is 11.5. The second-order valence-electron chi connectivity index (χ2n) is 5.36. The predicted octanol–water partition coefficient (Wildman–Crippen LogP) is 4.44. The molecule has 20 heavy (non-hydrogen) atoms. The van der Waals surface area contributed by atoms with Crippen LogP contribution >= 0.6 is 0 Å². The number of unbranched alkanes of at least 4 members (excludes halogenated alkanes) is 1. The average Bonchev–Trinajstić information content (AvgIpc) is 2.45. The first kappa shape index (κ1) is 16.7. The topological polar surface area (TPSA) is 35.5 Å². The monoisotopic (exact) mass is 292 g/mol. The first-order valence-electron chi connectivity index (χ1n) is 7.04. The van der Waals surface area contributed by atoms with Gasteiger partial charge in [-0.1, -0.05) is 56.7 Å². The third-order valence-electron chi connectivity index (χ3n) is 3.02. The molecular weight excluding hydrogens is 268 g/mol. The van der Waals surface area contributed by atoms with Gasteiger partial charge < -0.3 is 9.16 Å². The summed E-state index contributed by atoms with van der Waals surface area (Å²) in [5.74, 6) is -0.459. The van der Waals surface area contributed by atoms with E-state index in [1.54, 1.807) is 0 Å². The van der Waals surface area contributed by atoms with E-state index in [1.165, 1.54) is 6.08 Å². The van der Waals surface area contributed by atoms with Crippen LogP contribution in [0.5, 0.6) is 0 Å². The van der Waals surface area contributed by atoms with E-state index in [-0.39, 0.29) is 0 Å². The van der Waals surface area contributed by atoms with Crippen LogP contribution in [0.4, 0.5) is 0 Å². The number of hydrogen-bond acceptors (Lipinski definition) is 3. The Kier molecular flexibility index (Phi) is 6.68. The van der Waals surface area contributed by atoms with Gasteiger partial charge in [0.25, 0.3) is 0 Å². The van der Waals surface area contributed by atoms with Gasteiger partial charge in [0.1, 0.15) is 0 Å². The first-order chi connectivity index (χ1) is 9.48. The zero-order chi connectivity index (χ0) is 15.0. The summed E-state index contributed by atoms with van der Waals surface area (Å²) in [6.07, 6.45) is 2.80. The van der Waals surface area contributed by atoms with Crippen molar-refractivity contribution < 1.29 is 14.0 Å². The number of carbonyl (C=O) groups excluding carboxylic acids is 1. The summed E-state index contributed by atoms with van der Waals surface area (Å²) in [6.45, 7) is 9.90. The van der Waals surface area contributed by atoms with Crippen molar-refractivity contribution in [2.75, 3.05) is 0 Å². The molecule has 0 aliphatic heterocycles. The van der Waals surface area contributed by atoms with Crippen molar-refractivity contribution in [2.24, 2.45) is 0 Å². The molecule has 0 radical (unpaired) electrons. The van der Waals surface area contributed by atoms with Crippen molar-refractivity contribution in [3.63, 3.8) is 0 Å². The molecule has 0 aromatic heterocycles. The molecule has 0 saturated heterocycles. The minimum Gasteiger partial charge on any atom is -0.429 e. The van der Waals surface area contributed by atoms with Gasteiger partial charge in [-0.2, -0.15) is 0 Å². The summed E-state index contributed by atoms with van der Waals surface area (Å²) in [6, 6.07) is 10.6. The average molecular weight is 292 g/mol. The third-order valence-corrected chi connectivity index (χ3v) is 5.43. The van der Waals surface area contributed by atoms with Crippen molar-refractivity contribution in [3.8, 4) is 0 Å². The van der Waals surface area contributed by atoms with Crippen LogP contribution in [0.2, 0.25) is 19.1 Å². The van der Waals surface area contributed by atoms with E-state index in [2.05, 4.69) is 26.6 Å². The molecule has 0 fully saturated rings. The van der Waals surface area contributed by atoms with Gasteiger partial charge in [0.05, 0.1) is 0 Å². The summed E-state index contributed by atoms with van der Waals surface area (Å²) in [4.78, 5) is 11.5. The molecule has 4 heteroatoms. The van der Waals surface area contributed by atoms with Gasteiger partial charge in [0.2, 0.25) is 6.29 Å². The zero-order valence-corrected chi connectivity index (χ0v) is 13.6. The molecule has 0 heterocycles. The maximum atomic E-state index is 11.5. The molecule has 1 unspecified atom stereocenters. The van der Waals surface area contributed by atoms with Gasteiger partial charge in [-0.25, -0.2) is 4.79 Å². The molecule has 1 rings (SSSR count). The van der Waals surface area contributed by atoms with Crippen molar-refractivity contribution in [1.82, 2.24) is 0 Å². The molecule has 0 spiro atoms. The fraction of sp³-hybridized carbons (Fsp3) is 0.438. The Bertz CT molecular complexity index is 429. The molecule has 0 N–H and O–H groups in total. The lowest BCUT2D eigenvalue weighted by Crippen LogP contribution is -2.33. The number of benzene rings is 1. The van der Waals surface area contributed by atoms with Crippen LogP contribution in [0.15, 0.2) is 43.0 Å². The van der Waals surface area contributed by atoms with Crippen LogP contribution in [-0.4, -0.2) is 14.3 Å². The van der Waals surface area contributed by atoms with Crippen molar-refractivity contribution in [2.45, 2.75) is 45.2 Å². The Morgan fingerprint density at radius 3 is 2.55 bits per heavy atom. The molecule has 0 aliphatic rings. The summed E-state index contributed by atoms with van der Waals surface area (Å²) in [7, 11) is -1.86. The largest absolute Gasteiger partial charge is 0.429 e. The van der Waals surface area contributed by atoms with E-state index in [0.717, 1.165) is 24.4 Å². The van der Waals surface area contributed by atoms with Crippen molar-refractivity contribution in [3.05, 3.63) is 48.6 Å². The van der Waals surface area contributed by atoms with Gasteiger partial charge >= 0.3 is 5.97 Å². The van der Waals surface area contributed by atoms with Gasteiger partial charge in [-0.3, -0.25) is 0 Å². The third kappa shape index (κ3) is 5.71. The second-order valence-corrected chi connectivity index (χ2v) is 9.62. The summed E-state index contributed by atoms with van der Waals surface area (Å²) in [5.41, 5.74) is 0.861. The fourth-order valence-corrected chi connectivity index (χ4v) is 3.96. The highest BCUT2D eigenvalue weighted by atomic mass is 28.4. The number of hydrogen-bond donors (Lipinski definition) is 0. The van der Waals surface area contributed by atoms with E-state index in [4.69, 9.17) is 9.16 Å². The Morgan fingerprint density at radius 1 is 1.35 bits per heavy atom. The molecular formula is C16H24O3Si. The van der Waals surface area contributed by atoms with Crippen LogP contribution < -0.4 is 0 Å². The van der Waals surface area contributed by atoms with Gasteiger partial charge in [0, 0.05) is 11.6 Å². The number of rotatable bonds is 8. The molecule has 110 valence electrons. The Balaban J connectivity index is 2.82. The van der Waals surface area contributed by atoms with Crippen molar-refractivity contribution in [1.29, 1.82) is 0 Å². The van der Waals surface area contributed by atoms with E-state index >= 15 is 0 Å². The smallest absolute Gasteiger partial charge is 0.332 e. The Hall–Kier alpha value is -1.39. The number of carbonyl (C=O) groups is 1. The Morgan fingerprint density at radius 2 is 2.00 bits per heavy atom. The summed E-state index contributed by atoms with van der Waals surface area (Å²) in [5, 5.41) is 0. The fourth-order valence-electron chi connectivity index (χ4n) is 1.88. The molecule has 1 atom stereocenters. The SMILES string of the molecule is C=CC(=O)OC(O[Si](C)(C)CCCC)c1ccccc1. The van der Waals surface area contributed by atoms with Crippen molar-refractivity contribution >= 4 is 14.3 Å². The van der Waals surface area contributed by atoms with Gasteiger partial charge in [-0.15, -0.1) is 0 Å². The maximum Gasteiger partial charge on any atom is 0.332 e. The standard InChI is InChI=1S/C16H24O3Si/c1-5-7-13-20(3,4)19-16(18-15(17)6-2)14-11-9-8-10-12-14/h6,8-12,16H,2,5,7,13H2,1,3-4H3. The lowest BCUT2D eigenvalue weighted by atomic mass is 10.2. The molecule has 1 aromatic carbocycles. The van der Waals surface area contributed by atoms with Gasteiger partial charge in [0.15, 0.2) is 8.32 Å². The highest BCUT2D eigenvalue weighted by Crippen LogP contribution is 2.27. The molecule has 0 saturated carbocycles. The van der Waals surface area contributed by atoms with E-state index in [1.807, 2.05) is 30.3 Å². The van der Waals surface area contributed by atoms with Crippen LogP contribution in [0.1, 0.15) is 31.6 Å². The minimum atomic E-state index is -1.86. The molecule has 0 aliphatic carbocycles. The normalized spacial score (nSPS) is 12.8. The molecule has 0 amide bonds. The van der Waals surface area contributed by atoms with Gasteiger partial charge in [-0.05, 0) is 19.1 Å². The van der Waals surface area contributed by atoms with Crippen LogP contribution in [0, 0.1) is 0 Å². The number of esters is 1. The number of ether oxygens (including phenoxy) is 1. The Labute approximate surface area is 122 Å². The zero-order valence-electron chi connectivity index (χ0n) is 12.6. The van der Waals surface area contributed by atoms with E-state index in [0.29, 0.717) is 0 Å².